The standard InChI is InChI=1S/C21H27NO5/c1-21(2,16-9-7-6-8-10-16)22-19(23)15-11-12-17(20(25-4)26-5)18(13-15)27-14-24-3/h6-13,20H,14H2,1-5H3,(H,22,23). The quantitative estimate of drug-likeness (QED) is 0.680. The second-order valence-corrected chi connectivity index (χ2v) is 6.55. The molecule has 0 aromatic heterocycles. The number of hydrogen-bond donors (Lipinski definition) is 1. The summed E-state index contributed by atoms with van der Waals surface area (Å²) in [5, 5.41) is 3.06. The molecule has 0 aliphatic heterocycles. The number of nitrogens with one attached hydrogen (secondary N) is 1. The third kappa shape index (κ3) is 5.29. The van der Waals surface area contributed by atoms with Gasteiger partial charge in [0.15, 0.2) is 13.1 Å². The fourth-order valence-corrected chi connectivity index (χ4v) is 2.75. The molecule has 2 aromatic rings. The van der Waals surface area contributed by atoms with Gasteiger partial charge < -0.3 is 24.3 Å². The van der Waals surface area contributed by atoms with Crippen LogP contribution in [-0.4, -0.2) is 34.0 Å². The van der Waals surface area contributed by atoms with Gasteiger partial charge in [-0.2, -0.15) is 0 Å². The SMILES string of the molecule is COCOc1cc(C(=O)NC(C)(C)c2ccccc2)ccc1C(OC)OC. The molecule has 0 aliphatic rings. The van der Waals surface area contributed by atoms with E-state index < -0.39 is 11.8 Å². The topological polar surface area (TPSA) is 66.0 Å². The first-order valence-electron chi connectivity index (χ1n) is 8.62. The zero-order valence-electron chi connectivity index (χ0n) is 16.4. The van der Waals surface area contributed by atoms with E-state index in [9.17, 15) is 4.79 Å². The number of methoxy groups -OCH3 is 3. The van der Waals surface area contributed by atoms with Crippen LogP contribution in [0.5, 0.6) is 5.75 Å². The molecule has 1 N–H and O–H groups in total. The molecule has 146 valence electrons. The molecule has 0 aliphatic carbocycles. The molecule has 0 heterocycles. The van der Waals surface area contributed by atoms with E-state index in [1.807, 2.05) is 44.2 Å². The van der Waals surface area contributed by atoms with Crippen LogP contribution in [-0.2, 0) is 19.7 Å². The Bertz CT molecular complexity index is 741. The summed E-state index contributed by atoms with van der Waals surface area (Å²) in [6.07, 6.45) is -0.602. The number of carbonyl (C=O) groups excluding carboxylic acids is 1. The van der Waals surface area contributed by atoms with Gasteiger partial charge >= 0.3 is 0 Å². The van der Waals surface area contributed by atoms with Crippen molar-refractivity contribution < 1.29 is 23.7 Å². The number of carbonyl (C=O) groups is 1. The Hall–Kier alpha value is -2.41. The molecule has 27 heavy (non-hydrogen) atoms. The van der Waals surface area contributed by atoms with Crippen LogP contribution in [0, 0.1) is 0 Å². The van der Waals surface area contributed by atoms with E-state index in [2.05, 4.69) is 5.32 Å². The third-order valence-corrected chi connectivity index (χ3v) is 4.21. The van der Waals surface area contributed by atoms with Crippen molar-refractivity contribution in [3.05, 3.63) is 65.2 Å². The number of ether oxygens (including phenoxy) is 4. The molecule has 0 fully saturated rings. The summed E-state index contributed by atoms with van der Waals surface area (Å²) in [4.78, 5) is 12.8. The minimum absolute atomic E-state index is 0.0493. The van der Waals surface area contributed by atoms with Crippen molar-refractivity contribution in [1.82, 2.24) is 5.32 Å². The molecular formula is C21H27NO5. The van der Waals surface area contributed by atoms with Crippen molar-refractivity contribution in [2.75, 3.05) is 28.1 Å². The third-order valence-electron chi connectivity index (χ3n) is 4.21. The zero-order valence-corrected chi connectivity index (χ0v) is 16.4. The van der Waals surface area contributed by atoms with Gasteiger partial charge in [0.1, 0.15) is 5.75 Å². The molecule has 0 saturated carbocycles. The van der Waals surface area contributed by atoms with E-state index in [4.69, 9.17) is 18.9 Å². The summed E-state index contributed by atoms with van der Waals surface area (Å²) in [5.41, 5.74) is 1.65. The van der Waals surface area contributed by atoms with E-state index in [-0.39, 0.29) is 12.7 Å². The van der Waals surface area contributed by atoms with Crippen LogP contribution in [0.3, 0.4) is 0 Å². The Kier molecular flexibility index (Phi) is 7.36. The van der Waals surface area contributed by atoms with Gasteiger partial charge in [0.05, 0.1) is 5.54 Å². The molecule has 2 aromatic carbocycles. The van der Waals surface area contributed by atoms with Gasteiger partial charge in [-0.3, -0.25) is 4.79 Å². The minimum atomic E-state index is -0.602. The average molecular weight is 373 g/mol. The summed E-state index contributed by atoms with van der Waals surface area (Å²) in [7, 11) is 4.61. The van der Waals surface area contributed by atoms with E-state index >= 15 is 0 Å². The Morgan fingerprint density at radius 2 is 1.70 bits per heavy atom. The lowest BCUT2D eigenvalue weighted by atomic mass is 9.94. The van der Waals surface area contributed by atoms with Gasteiger partial charge in [-0.1, -0.05) is 30.3 Å². The Morgan fingerprint density at radius 1 is 1.04 bits per heavy atom. The fourth-order valence-electron chi connectivity index (χ4n) is 2.75. The highest BCUT2D eigenvalue weighted by molar-refractivity contribution is 5.95. The van der Waals surface area contributed by atoms with Gasteiger partial charge in [0.25, 0.3) is 5.91 Å². The lowest BCUT2D eigenvalue weighted by molar-refractivity contribution is -0.107. The largest absolute Gasteiger partial charge is 0.467 e. The van der Waals surface area contributed by atoms with E-state index in [0.717, 1.165) is 5.56 Å². The summed E-state index contributed by atoms with van der Waals surface area (Å²) in [5.74, 6) is 0.264. The molecule has 0 spiro atoms. The monoisotopic (exact) mass is 373 g/mol. The molecule has 0 radical (unpaired) electrons. The maximum Gasteiger partial charge on any atom is 0.252 e. The summed E-state index contributed by atoms with van der Waals surface area (Å²) >= 11 is 0. The van der Waals surface area contributed by atoms with Crippen LogP contribution in [0.25, 0.3) is 0 Å². The molecular weight excluding hydrogens is 346 g/mol. The maximum atomic E-state index is 12.8. The van der Waals surface area contributed by atoms with E-state index in [1.165, 1.54) is 21.3 Å². The van der Waals surface area contributed by atoms with Crippen molar-refractivity contribution in [2.24, 2.45) is 0 Å². The van der Waals surface area contributed by atoms with Crippen LogP contribution < -0.4 is 10.1 Å². The highest BCUT2D eigenvalue weighted by atomic mass is 16.7. The van der Waals surface area contributed by atoms with Crippen LogP contribution in [0.4, 0.5) is 0 Å². The molecule has 0 atom stereocenters. The number of benzene rings is 2. The van der Waals surface area contributed by atoms with E-state index in [0.29, 0.717) is 16.9 Å². The van der Waals surface area contributed by atoms with E-state index in [1.54, 1.807) is 18.2 Å². The summed E-state index contributed by atoms with van der Waals surface area (Å²) in [6.45, 7) is 3.97. The van der Waals surface area contributed by atoms with Crippen LogP contribution in [0.1, 0.15) is 41.6 Å². The maximum absolute atomic E-state index is 12.8. The van der Waals surface area contributed by atoms with Gasteiger partial charge in [-0.15, -0.1) is 0 Å². The first-order valence-corrected chi connectivity index (χ1v) is 8.62. The van der Waals surface area contributed by atoms with Crippen LogP contribution in [0.15, 0.2) is 48.5 Å². The number of amides is 1. The highest BCUT2D eigenvalue weighted by Gasteiger charge is 2.24. The summed E-state index contributed by atoms with van der Waals surface area (Å²) in [6, 6.07) is 15.0. The Balaban J connectivity index is 2.27. The first kappa shape index (κ1) is 20.9. The Labute approximate surface area is 160 Å². The van der Waals surface area contributed by atoms with Gasteiger partial charge in [-0.25, -0.2) is 0 Å². The van der Waals surface area contributed by atoms with Crippen LogP contribution >= 0.6 is 0 Å². The van der Waals surface area contributed by atoms with Crippen molar-refractivity contribution >= 4 is 5.91 Å². The Morgan fingerprint density at radius 3 is 2.30 bits per heavy atom. The van der Waals surface area contributed by atoms with Crippen molar-refractivity contribution in [2.45, 2.75) is 25.7 Å². The van der Waals surface area contributed by atoms with Crippen molar-refractivity contribution in [3.8, 4) is 5.75 Å². The normalized spacial score (nSPS) is 11.5. The lowest BCUT2D eigenvalue weighted by Crippen LogP contribution is -2.41. The fraction of sp³-hybridized carbons (Fsp3) is 0.381. The molecule has 1 amide bonds. The molecule has 0 saturated heterocycles. The lowest BCUT2D eigenvalue weighted by Gasteiger charge is -2.27. The molecule has 6 nitrogen and oxygen atoms in total. The molecule has 0 unspecified atom stereocenters. The second kappa shape index (κ2) is 9.50. The minimum Gasteiger partial charge on any atom is -0.467 e. The van der Waals surface area contributed by atoms with Gasteiger partial charge in [0, 0.05) is 32.5 Å². The van der Waals surface area contributed by atoms with Crippen LogP contribution in [0.2, 0.25) is 0 Å². The number of hydrogen-bond acceptors (Lipinski definition) is 5. The predicted octanol–water partition coefficient (Wildman–Crippen LogP) is 3.63. The van der Waals surface area contributed by atoms with Gasteiger partial charge in [-0.05, 0) is 37.6 Å². The van der Waals surface area contributed by atoms with Gasteiger partial charge in [0.2, 0.25) is 0 Å². The molecule has 6 heteroatoms. The first-order chi connectivity index (χ1) is 12.9. The average Bonchev–Trinajstić information content (AvgIpc) is 2.68. The smallest absolute Gasteiger partial charge is 0.252 e. The van der Waals surface area contributed by atoms with Crippen molar-refractivity contribution in [3.63, 3.8) is 0 Å². The number of rotatable bonds is 9. The molecule has 2 rings (SSSR count). The second-order valence-electron chi connectivity index (χ2n) is 6.55. The molecule has 0 bridgehead atoms. The zero-order chi connectivity index (χ0) is 19.9. The summed E-state index contributed by atoms with van der Waals surface area (Å²) < 4.78 is 21.2. The van der Waals surface area contributed by atoms with Crippen molar-refractivity contribution in [1.29, 1.82) is 0 Å². The predicted molar refractivity (Wildman–Crippen MR) is 103 cm³/mol. The highest BCUT2D eigenvalue weighted by Crippen LogP contribution is 2.30.